The van der Waals surface area contributed by atoms with Crippen LogP contribution < -0.4 is 0 Å². The summed E-state index contributed by atoms with van der Waals surface area (Å²) in [5.74, 6) is 0. The van der Waals surface area contributed by atoms with Gasteiger partial charge in [-0.1, -0.05) is 41.5 Å². The lowest BCUT2D eigenvalue weighted by Crippen LogP contribution is -2.54. The van der Waals surface area contributed by atoms with Crippen molar-refractivity contribution in [1.82, 2.24) is 0 Å². The van der Waals surface area contributed by atoms with E-state index < -0.39 is 16.2 Å². The molecular weight excluding hydrogens is 324 g/mol. The number of carbonyl (C=O) groups is 2. The average Bonchev–Trinajstić information content (AvgIpc) is 1.75. The highest BCUT2D eigenvalue weighted by Gasteiger charge is 2.59. The first-order valence-corrected chi connectivity index (χ1v) is 6.37. The van der Waals surface area contributed by atoms with E-state index in [-0.39, 0.29) is 9.39 Å². The zero-order valence-corrected chi connectivity index (χ0v) is 13.2. The Morgan fingerprint density at radius 2 is 0.933 bits per heavy atom. The third kappa shape index (κ3) is 2.36. The summed E-state index contributed by atoms with van der Waals surface area (Å²) >= 11 is 5.96. The molecule has 0 N–H and O–H groups in total. The second-order valence-corrected chi connectivity index (χ2v) is 7.24. The SMILES string of the molecule is CC(C)(C)C(C(=O)Br)(C(=O)Br)C(C)(C)C. The average molecular weight is 342 g/mol. The molecule has 0 aromatic rings. The molecule has 0 aliphatic heterocycles. The van der Waals surface area contributed by atoms with Gasteiger partial charge in [-0.25, -0.2) is 0 Å². The van der Waals surface area contributed by atoms with Crippen molar-refractivity contribution in [3.63, 3.8) is 0 Å². The highest BCUT2D eigenvalue weighted by Crippen LogP contribution is 2.55. The van der Waals surface area contributed by atoms with Gasteiger partial charge in [0.05, 0.1) is 0 Å². The van der Waals surface area contributed by atoms with Crippen molar-refractivity contribution in [2.75, 3.05) is 0 Å². The van der Waals surface area contributed by atoms with E-state index in [2.05, 4.69) is 31.9 Å². The van der Waals surface area contributed by atoms with E-state index in [1.807, 2.05) is 41.5 Å². The van der Waals surface area contributed by atoms with E-state index in [1.165, 1.54) is 0 Å². The van der Waals surface area contributed by atoms with Gasteiger partial charge in [-0.15, -0.1) is 0 Å². The van der Waals surface area contributed by atoms with Crippen LogP contribution in [0.1, 0.15) is 41.5 Å². The van der Waals surface area contributed by atoms with E-state index >= 15 is 0 Å². The Morgan fingerprint density at radius 1 is 0.733 bits per heavy atom. The van der Waals surface area contributed by atoms with Gasteiger partial charge in [0.1, 0.15) is 5.41 Å². The molecule has 0 aliphatic carbocycles. The molecular formula is C11H18Br2O2. The summed E-state index contributed by atoms with van der Waals surface area (Å²) in [6.07, 6.45) is 0. The highest BCUT2D eigenvalue weighted by molar-refractivity contribution is 9.19. The van der Waals surface area contributed by atoms with Crippen LogP contribution in [-0.2, 0) is 9.59 Å². The highest BCUT2D eigenvalue weighted by atomic mass is 79.9. The van der Waals surface area contributed by atoms with E-state index in [4.69, 9.17) is 0 Å². The third-order valence-corrected chi connectivity index (χ3v) is 4.03. The lowest BCUT2D eigenvalue weighted by Gasteiger charge is -2.48. The first-order chi connectivity index (χ1) is 6.39. The van der Waals surface area contributed by atoms with Crippen molar-refractivity contribution in [2.24, 2.45) is 16.2 Å². The Kier molecular flexibility index (Phi) is 4.37. The van der Waals surface area contributed by atoms with Crippen LogP contribution in [0.2, 0.25) is 0 Å². The van der Waals surface area contributed by atoms with E-state index in [9.17, 15) is 9.59 Å². The van der Waals surface area contributed by atoms with Crippen molar-refractivity contribution in [3.05, 3.63) is 0 Å². The number of hydrogen-bond acceptors (Lipinski definition) is 2. The molecule has 0 aromatic heterocycles. The van der Waals surface area contributed by atoms with Gasteiger partial charge in [0, 0.05) is 0 Å². The van der Waals surface area contributed by atoms with E-state index in [1.54, 1.807) is 0 Å². The largest absolute Gasteiger partial charge is 0.285 e. The summed E-state index contributed by atoms with van der Waals surface area (Å²) < 4.78 is -0.534. The van der Waals surface area contributed by atoms with Gasteiger partial charge in [-0.05, 0) is 42.7 Å². The minimum Gasteiger partial charge on any atom is -0.285 e. The predicted molar refractivity (Wildman–Crippen MR) is 69.2 cm³/mol. The maximum Gasteiger partial charge on any atom is 0.213 e. The maximum absolute atomic E-state index is 11.9. The molecule has 0 unspecified atom stereocenters. The number of carbonyl (C=O) groups excluding carboxylic acids is 2. The molecule has 88 valence electrons. The fourth-order valence-corrected chi connectivity index (χ4v) is 5.39. The van der Waals surface area contributed by atoms with Gasteiger partial charge in [0.2, 0.25) is 9.39 Å². The van der Waals surface area contributed by atoms with Crippen molar-refractivity contribution in [2.45, 2.75) is 41.5 Å². The van der Waals surface area contributed by atoms with Gasteiger partial charge in [-0.3, -0.25) is 9.59 Å². The zero-order chi connectivity index (χ0) is 12.7. The number of rotatable bonds is 2. The van der Waals surface area contributed by atoms with E-state index in [0.29, 0.717) is 0 Å². The molecule has 0 heterocycles. The standard InChI is InChI=1S/C11H18Br2O2/c1-9(2,3)11(7(12)14,8(13)15)10(4,5)6/h1-6H3. The molecule has 15 heavy (non-hydrogen) atoms. The van der Waals surface area contributed by atoms with Crippen molar-refractivity contribution in [1.29, 1.82) is 0 Å². The molecule has 0 radical (unpaired) electrons. The normalized spacial score (nSPS) is 13.9. The summed E-state index contributed by atoms with van der Waals surface area (Å²) in [4.78, 5) is 23.7. The van der Waals surface area contributed by atoms with Crippen LogP contribution in [0.4, 0.5) is 0 Å². The molecule has 0 amide bonds. The van der Waals surface area contributed by atoms with Crippen LogP contribution in [0.3, 0.4) is 0 Å². The molecule has 2 nitrogen and oxygen atoms in total. The van der Waals surface area contributed by atoms with Crippen molar-refractivity contribution in [3.8, 4) is 0 Å². The first-order valence-electron chi connectivity index (χ1n) is 4.79. The second-order valence-electron chi connectivity index (χ2n) is 5.80. The van der Waals surface area contributed by atoms with Gasteiger partial charge in [0.15, 0.2) is 0 Å². The topological polar surface area (TPSA) is 34.1 Å². The summed E-state index contributed by atoms with van der Waals surface area (Å²) in [7, 11) is 0. The summed E-state index contributed by atoms with van der Waals surface area (Å²) in [6.45, 7) is 11.4. The molecule has 0 rings (SSSR count). The third-order valence-electron chi connectivity index (χ3n) is 2.84. The van der Waals surface area contributed by atoms with Gasteiger partial charge in [0.25, 0.3) is 0 Å². The van der Waals surface area contributed by atoms with Crippen LogP contribution in [0.25, 0.3) is 0 Å². The Hall–Kier alpha value is 0.300. The Morgan fingerprint density at radius 3 is 0.933 bits per heavy atom. The minimum atomic E-state index is -1.07. The smallest absolute Gasteiger partial charge is 0.213 e. The van der Waals surface area contributed by atoms with Gasteiger partial charge in [-0.2, -0.15) is 0 Å². The predicted octanol–water partition coefficient (Wildman–Crippen LogP) is 3.91. The van der Waals surface area contributed by atoms with Crippen LogP contribution >= 0.6 is 31.9 Å². The summed E-state index contributed by atoms with van der Waals surface area (Å²) in [6, 6.07) is 0. The van der Waals surface area contributed by atoms with E-state index in [0.717, 1.165) is 0 Å². The fraction of sp³-hybridized carbons (Fsp3) is 0.818. The van der Waals surface area contributed by atoms with Crippen LogP contribution in [-0.4, -0.2) is 9.39 Å². The Bertz CT molecular complexity index is 252. The molecule has 0 fully saturated rings. The summed E-state index contributed by atoms with van der Waals surface area (Å²) in [5.41, 5.74) is -1.97. The molecule has 0 saturated carbocycles. The van der Waals surface area contributed by atoms with Crippen LogP contribution in [0.5, 0.6) is 0 Å². The Labute approximate surface area is 108 Å². The molecule has 0 aromatic carbocycles. The Balaban J connectivity index is 5.97. The lowest BCUT2D eigenvalue weighted by molar-refractivity contribution is -0.146. The quantitative estimate of drug-likeness (QED) is 0.563. The molecule has 0 saturated heterocycles. The zero-order valence-electron chi connectivity index (χ0n) is 10.1. The van der Waals surface area contributed by atoms with Gasteiger partial charge < -0.3 is 0 Å². The first kappa shape index (κ1) is 15.3. The molecule has 0 bridgehead atoms. The monoisotopic (exact) mass is 340 g/mol. The maximum atomic E-state index is 11.9. The van der Waals surface area contributed by atoms with Crippen LogP contribution in [0.15, 0.2) is 0 Å². The summed E-state index contributed by atoms with van der Waals surface area (Å²) in [5, 5.41) is 0. The van der Waals surface area contributed by atoms with Gasteiger partial charge >= 0.3 is 0 Å². The second kappa shape index (κ2) is 4.28. The lowest BCUT2D eigenvalue weighted by atomic mass is 9.55. The van der Waals surface area contributed by atoms with Crippen molar-refractivity contribution >= 4 is 41.2 Å². The van der Waals surface area contributed by atoms with Crippen molar-refractivity contribution < 1.29 is 9.59 Å². The number of hydrogen-bond donors (Lipinski definition) is 0. The molecule has 4 heteroatoms. The molecule has 0 aliphatic rings. The number of halogens is 2. The minimum absolute atomic E-state index is 0.267. The van der Waals surface area contributed by atoms with Crippen LogP contribution in [0, 0.1) is 16.2 Å². The molecule has 0 atom stereocenters. The fourth-order valence-electron chi connectivity index (χ4n) is 2.38. The molecule has 0 spiro atoms.